The normalized spacial score (nSPS) is 10.5. The number of benzene rings is 1. The zero-order valence-electron chi connectivity index (χ0n) is 9.81. The van der Waals surface area contributed by atoms with Crippen LogP contribution in [0.25, 0.3) is 11.1 Å². The molecule has 0 aliphatic heterocycles. The largest absolute Gasteiger partial charge is 0.491 e. The molecule has 0 aliphatic carbocycles. The Morgan fingerprint density at radius 1 is 1.24 bits per heavy atom. The van der Waals surface area contributed by atoms with Crippen LogP contribution in [0.5, 0.6) is 5.75 Å². The predicted octanol–water partition coefficient (Wildman–Crippen LogP) is 2.22. The first-order valence-corrected chi connectivity index (χ1v) is 5.47. The first-order valence-electron chi connectivity index (χ1n) is 5.47. The average Bonchev–Trinajstić information content (AvgIpc) is 2.28. The van der Waals surface area contributed by atoms with Gasteiger partial charge in [0, 0.05) is 11.6 Å². The molecule has 0 atom stereocenters. The fourth-order valence-corrected chi connectivity index (χ4v) is 1.56. The number of hydrogen-bond donors (Lipinski definition) is 1. The highest BCUT2D eigenvalue weighted by atomic mass is 16.5. The summed E-state index contributed by atoms with van der Waals surface area (Å²) in [5.74, 6) is 0.790. The lowest BCUT2D eigenvalue weighted by Crippen LogP contribution is -2.06. The van der Waals surface area contributed by atoms with Crippen LogP contribution in [0.2, 0.25) is 0 Å². The van der Waals surface area contributed by atoms with Crippen molar-refractivity contribution in [2.45, 2.75) is 20.0 Å². The Morgan fingerprint density at radius 3 is 2.76 bits per heavy atom. The summed E-state index contributed by atoms with van der Waals surface area (Å²) < 4.78 is 5.60. The van der Waals surface area contributed by atoms with Gasteiger partial charge in [-0.1, -0.05) is 12.1 Å². The second-order valence-electron chi connectivity index (χ2n) is 4.03. The maximum absolute atomic E-state index is 11.2. The molecular formula is C13H14N2O2. The Kier molecular flexibility index (Phi) is 3.23. The quantitative estimate of drug-likeness (QED) is 0.879. The van der Waals surface area contributed by atoms with Gasteiger partial charge in [0.25, 0.3) is 5.56 Å². The smallest absolute Gasteiger partial charge is 0.264 e. The maximum Gasteiger partial charge on any atom is 0.264 e. The second kappa shape index (κ2) is 4.82. The van der Waals surface area contributed by atoms with E-state index in [2.05, 4.69) is 10.2 Å². The number of nitrogens with one attached hydrogen (secondary N) is 1. The number of ether oxygens (including phenoxy) is 1. The van der Waals surface area contributed by atoms with Crippen LogP contribution in [0.1, 0.15) is 13.8 Å². The summed E-state index contributed by atoms with van der Waals surface area (Å²) in [6.07, 6.45) is 1.75. The molecule has 0 radical (unpaired) electrons. The van der Waals surface area contributed by atoms with E-state index in [9.17, 15) is 4.79 Å². The van der Waals surface area contributed by atoms with Crippen LogP contribution in [0.15, 0.2) is 41.3 Å². The standard InChI is InChI=1S/C13H14N2O2/c1-9(2)17-12-5-3-4-10(6-12)11-7-13(16)15-14-8-11/h3-9H,1-2H3,(H,15,16). The minimum atomic E-state index is -0.210. The van der Waals surface area contributed by atoms with Crippen molar-refractivity contribution in [3.8, 4) is 16.9 Å². The first-order chi connectivity index (χ1) is 8.15. The van der Waals surface area contributed by atoms with Gasteiger partial charge in [-0.2, -0.15) is 5.10 Å². The Hall–Kier alpha value is -2.10. The van der Waals surface area contributed by atoms with E-state index in [-0.39, 0.29) is 11.7 Å². The van der Waals surface area contributed by atoms with E-state index in [0.29, 0.717) is 0 Å². The fraction of sp³-hybridized carbons (Fsp3) is 0.231. The van der Waals surface area contributed by atoms with Crippen molar-refractivity contribution in [2.24, 2.45) is 0 Å². The van der Waals surface area contributed by atoms with Gasteiger partial charge >= 0.3 is 0 Å². The van der Waals surface area contributed by atoms with Gasteiger partial charge in [0.05, 0.1) is 12.3 Å². The third-order valence-electron chi connectivity index (χ3n) is 2.20. The lowest BCUT2D eigenvalue weighted by Gasteiger charge is -2.10. The van der Waals surface area contributed by atoms with Crippen LogP contribution in [0.4, 0.5) is 0 Å². The first kappa shape index (κ1) is 11.4. The van der Waals surface area contributed by atoms with Gasteiger partial charge in [-0.3, -0.25) is 4.79 Å². The molecule has 4 nitrogen and oxygen atoms in total. The molecule has 2 rings (SSSR count). The van der Waals surface area contributed by atoms with Crippen molar-refractivity contribution in [3.63, 3.8) is 0 Å². The molecule has 1 aromatic carbocycles. The summed E-state index contributed by atoms with van der Waals surface area (Å²) in [6, 6.07) is 9.12. The van der Waals surface area contributed by atoms with E-state index >= 15 is 0 Å². The second-order valence-corrected chi connectivity index (χ2v) is 4.03. The third kappa shape index (κ3) is 2.93. The highest BCUT2D eigenvalue weighted by Gasteiger charge is 2.02. The number of aromatic nitrogens is 2. The van der Waals surface area contributed by atoms with Gasteiger partial charge < -0.3 is 4.74 Å². The lowest BCUT2D eigenvalue weighted by atomic mass is 10.1. The Balaban J connectivity index is 2.36. The molecule has 0 amide bonds. The Labute approximate surface area is 99.3 Å². The molecular weight excluding hydrogens is 216 g/mol. The van der Waals surface area contributed by atoms with Crippen LogP contribution >= 0.6 is 0 Å². The van der Waals surface area contributed by atoms with Gasteiger partial charge in [-0.05, 0) is 31.5 Å². The summed E-state index contributed by atoms with van der Waals surface area (Å²) >= 11 is 0. The number of aromatic amines is 1. The van der Waals surface area contributed by atoms with Gasteiger partial charge in [-0.15, -0.1) is 0 Å². The molecule has 0 saturated carbocycles. The maximum atomic E-state index is 11.2. The van der Waals surface area contributed by atoms with Gasteiger partial charge in [0.1, 0.15) is 5.75 Å². The predicted molar refractivity (Wildman–Crippen MR) is 66.1 cm³/mol. The summed E-state index contributed by atoms with van der Waals surface area (Å²) in [5, 5.41) is 6.12. The van der Waals surface area contributed by atoms with E-state index in [0.717, 1.165) is 16.9 Å². The third-order valence-corrected chi connectivity index (χ3v) is 2.20. The van der Waals surface area contributed by atoms with Gasteiger partial charge in [-0.25, -0.2) is 5.10 Å². The molecule has 1 heterocycles. The highest BCUT2D eigenvalue weighted by Crippen LogP contribution is 2.22. The summed E-state index contributed by atoms with van der Waals surface area (Å²) in [7, 11) is 0. The van der Waals surface area contributed by atoms with Crippen molar-refractivity contribution in [2.75, 3.05) is 0 Å². The van der Waals surface area contributed by atoms with Crippen molar-refractivity contribution in [1.82, 2.24) is 10.2 Å². The molecule has 17 heavy (non-hydrogen) atoms. The van der Waals surface area contributed by atoms with Crippen LogP contribution < -0.4 is 10.3 Å². The van der Waals surface area contributed by atoms with Gasteiger partial charge in [0.15, 0.2) is 0 Å². The number of H-pyrrole nitrogens is 1. The van der Waals surface area contributed by atoms with E-state index in [1.807, 2.05) is 38.1 Å². The summed E-state index contributed by atoms with van der Waals surface area (Å²) in [5.41, 5.74) is 1.49. The molecule has 0 fully saturated rings. The lowest BCUT2D eigenvalue weighted by molar-refractivity contribution is 0.242. The Morgan fingerprint density at radius 2 is 2.06 bits per heavy atom. The van der Waals surface area contributed by atoms with E-state index in [1.165, 1.54) is 6.07 Å². The number of rotatable bonds is 3. The molecule has 1 N–H and O–H groups in total. The molecule has 88 valence electrons. The van der Waals surface area contributed by atoms with E-state index in [1.54, 1.807) is 6.20 Å². The van der Waals surface area contributed by atoms with Crippen molar-refractivity contribution >= 4 is 0 Å². The van der Waals surface area contributed by atoms with Crippen LogP contribution in [-0.4, -0.2) is 16.3 Å². The summed E-state index contributed by atoms with van der Waals surface area (Å²) in [6.45, 7) is 3.95. The SMILES string of the molecule is CC(C)Oc1cccc(-c2cn[nH]c(=O)c2)c1. The number of hydrogen-bond acceptors (Lipinski definition) is 3. The molecule has 1 aromatic heterocycles. The molecule has 0 bridgehead atoms. The van der Waals surface area contributed by atoms with Crippen molar-refractivity contribution < 1.29 is 4.74 Å². The van der Waals surface area contributed by atoms with E-state index < -0.39 is 0 Å². The molecule has 0 spiro atoms. The van der Waals surface area contributed by atoms with Crippen molar-refractivity contribution in [3.05, 3.63) is 46.9 Å². The fourth-order valence-electron chi connectivity index (χ4n) is 1.56. The van der Waals surface area contributed by atoms with E-state index in [4.69, 9.17) is 4.74 Å². The molecule has 0 saturated heterocycles. The molecule has 2 aromatic rings. The molecule has 0 unspecified atom stereocenters. The highest BCUT2D eigenvalue weighted by molar-refractivity contribution is 5.63. The topological polar surface area (TPSA) is 55.0 Å². The summed E-state index contributed by atoms with van der Waals surface area (Å²) in [4.78, 5) is 11.2. The minimum absolute atomic E-state index is 0.127. The Bertz CT molecular complexity index is 561. The zero-order chi connectivity index (χ0) is 12.3. The van der Waals surface area contributed by atoms with Crippen molar-refractivity contribution in [1.29, 1.82) is 0 Å². The number of nitrogens with zero attached hydrogens (tertiary/aromatic N) is 1. The van der Waals surface area contributed by atoms with Crippen LogP contribution in [0.3, 0.4) is 0 Å². The van der Waals surface area contributed by atoms with Gasteiger partial charge in [0.2, 0.25) is 0 Å². The average molecular weight is 230 g/mol. The molecule has 4 heteroatoms. The van der Waals surface area contributed by atoms with Crippen LogP contribution in [0, 0.1) is 0 Å². The molecule has 0 aliphatic rings. The van der Waals surface area contributed by atoms with Crippen LogP contribution in [-0.2, 0) is 0 Å². The monoisotopic (exact) mass is 230 g/mol. The zero-order valence-corrected chi connectivity index (χ0v) is 9.81. The minimum Gasteiger partial charge on any atom is -0.491 e.